The van der Waals surface area contributed by atoms with Crippen LogP contribution in [0.4, 0.5) is 0 Å². The molecule has 2 aliphatic heterocycles. The van der Waals surface area contributed by atoms with Crippen LogP contribution in [-0.2, 0) is 28.7 Å². The fourth-order valence-electron chi connectivity index (χ4n) is 8.54. The Kier molecular flexibility index (Phi) is 21.4. The van der Waals surface area contributed by atoms with Crippen LogP contribution in [0.2, 0.25) is 0 Å². The maximum atomic E-state index is 13.8. The molecule has 0 aromatic heterocycles. The van der Waals surface area contributed by atoms with Gasteiger partial charge in [0, 0.05) is 49.9 Å². The first kappa shape index (κ1) is 52.9. The number of unbranched alkanes of at least 4 members (excludes halogenated alkanes) is 16. The van der Waals surface area contributed by atoms with E-state index in [-0.39, 0.29) is 83.8 Å². The first-order chi connectivity index (χ1) is 34.0. The summed E-state index contributed by atoms with van der Waals surface area (Å²) in [5, 5.41) is 0. The smallest absolute Gasteiger partial charge is 0.311 e. The Morgan fingerprint density at radius 1 is 0.500 bits per heavy atom. The van der Waals surface area contributed by atoms with E-state index in [0.29, 0.717) is 35.3 Å². The highest BCUT2D eigenvalue weighted by molar-refractivity contribution is 5.82. The molecule has 14 heteroatoms. The Morgan fingerprint density at radius 2 is 0.929 bits per heavy atom. The van der Waals surface area contributed by atoms with E-state index >= 15 is 0 Å². The highest BCUT2D eigenvalue weighted by Crippen LogP contribution is 2.30. The molecule has 0 amide bonds. The number of carbonyl (C=O) groups is 4. The van der Waals surface area contributed by atoms with Gasteiger partial charge in [-0.2, -0.15) is 0 Å². The Balaban J connectivity index is 1.14. The summed E-state index contributed by atoms with van der Waals surface area (Å²) in [6, 6.07) is 17.9. The maximum absolute atomic E-state index is 13.8. The summed E-state index contributed by atoms with van der Waals surface area (Å²) in [5.74, 6) is -2.25. The third-order valence-electron chi connectivity index (χ3n) is 12.3. The van der Waals surface area contributed by atoms with Gasteiger partial charge < -0.3 is 27.8 Å². The van der Waals surface area contributed by atoms with Crippen molar-refractivity contribution in [3.63, 3.8) is 0 Å². The van der Waals surface area contributed by atoms with Crippen molar-refractivity contribution in [3.05, 3.63) is 93.2 Å². The van der Waals surface area contributed by atoms with Crippen LogP contribution < -0.4 is 20.3 Å². The number of hydrogen-bond donors (Lipinski definition) is 0. The fraction of sp³-hybridized carbons (Fsp3) is 0.500. The standard InChI is InChI=1S/C56H68N2O12/c1-3-5-7-9-11-13-15-17-19-21-53(61)65-38-44(68-54(62)22-20-18-16-14-12-10-8-6-4-2)31-39(32-55(63)66-42-25-29-47-51(36-42)69-49-34-40(59)23-27-45(49)57-47)33-56(64)67-43-26-30-48-52(37-43)70-50-35-41(60)24-28-46(50)58-48/h23-30,34-37,39,44H,3-22,31-33,38H2,1-2H3/t44-/m0/s1. The fourth-order valence-corrected chi connectivity index (χ4v) is 8.54. The topological polar surface area (TPSA) is 191 Å². The molecule has 0 saturated heterocycles. The van der Waals surface area contributed by atoms with Crippen molar-refractivity contribution in [2.24, 2.45) is 5.92 Å². The minimum absolute atomic E-state index is 0.0278. The van der Waals surface area contributed by atoms with Gasteiger partial charge in [0.15, 0.2) is 33.5 Å². The highest BCUT2D eigenvalue weighted by Gasteiger charge is 2.28. The quantitative estimate of drug-likeness (QED) is 0.0173. The summed E-state index contributed by atoms with van der Waals surface area (Å²) in [6.45, 7) is 4.15. The molecular weight excluding hydrogens is 893 g/mol. The lowest BCUT2D eigenvalue weighted by Gasteiger charge is -2.23. The lowest BCUT2D eigenvalue weighted by Crippen LogP contribution is -2.30. The molecule has 374 valence electrons. The third kappa shape index (κ3) is 17.8. The highest BCUT2D eigenvalue weighted by atomic mass is 16.6. The van der Waals surface area contributed by atoms with Crippen LogP contribution in [0.1, 0.15) is 162 Å². The molecule has 0 spiro atoms. The average Bonchev–Trinajstić information content (AvgIpc) is 3.33. The van der Waals surface area contributed by atoms with E-state index in [1.165, 1.54) is 101 Å². The number of nitrogens with zero attached hydrogens (tertiary/aromatic N) is 2. The largest absolute Gasteiger partial charge is 0.462 e. The normalized spacial score (nSPS) is 11.9. The van der Waals surface area contributed by atoms with Crippen LogP contribution >= 0.6 is 0 Å². The summed E-state index contributed by atoms with van der Waals surface area (Å²) in [4.78, 5) is 87.0. The molecule has 0 radical (unpaired) electrons. The van der Waals surface area contributed by atoms with E-state index in [1.807, 2.05) is 0 Å². The number of rotatable bonds is 31. The van der Waals surface area contributed by atoms with Crippen LogP contribution in [0.15, 0.2) is 91.2 Å². The van der Waals surface area contributed by atoms with Crippen molar-refractivity contribution < 1.29 is 47.0 Å². The second kappa shape index (κ2) is 28.3. The Labute approximate surface area is 409 Å². The molecule has 0 saturated carbocycles. The molecule has 2 heterocycles. The van der Waals surface area contributed by atoms with Crippen molar-refractivity contribution in [3.8, 4) is 34.4 Å². The molecule has 6 rings (SSSR count). The molecule has 1 atom stereocenters. The van der Waals surface area contributed by atoms with Crippen molar-refractivity contribution >= 4 is 46.1 Å². The average molecular weight is 961 g/mol. The van der Waals surface area contributed by atoms with Crippen molar-refractivity contribution in [1.82, 2.24) is 9.97 Å². The molecule has 0 fully saturated rings. The van der Waals surface area contributed by atoms with Crippen LogP contribution in [-0.4, -0.2) is 46.6 Å². The van der Waals surface area contributed by atoms with E-state index in [0.717, 1.165) is 38.5 Å². The first-order valence-electron chi connectivity index (χ1n) is 25.5. The predicted octanol–water partition coefficient (Wildman–Crippen LogP) is 12.5. The monoisotopic (exact) mass is 960 g/mol. The Hall–Kier alpha value is -6.44. The number of ether oxygens (including phenoxy) is 4. The van der Waals surface area contributed by atoms with Gasteiger partial charge in [-0.15, -0.1) is 0 Å². The van der Waals surface area contributed by atoms with Crippen LogP contribution in [0.5, 0.6) is 11.5 Å². The van der Waals surface area contributed by atoms with E-state index < -0.39 is 35.9 Å². The zero-order valence-electron chi connectivity index (χ0n) is 40.8. The summed E-state index contributed by atoms with van der Waals surface area (Å²) in [5.41, 5.74) is 2.02. The SMILES string of the molecule is CCCCCCCCCCCC(=O)OC[C@H](CC(CC(=O)Oc1ccc2nc3ccc(=O)cc-3oc2c1)CC(=O)Oc1ccc2nc3ccc(=O)cc-3oc2c1)OC(=O)CCCCCCCCCCC. The third-order valence-corrected chi connectivity index (χ3v) is 12.3. The molecule has 14 nitrogen and oxygen atoms in total. The van der Waals surface area contributed by atoms with Crippen molar-refractivity contribution in [1.29, 1.82) is 0 Å². The molecule has 70 heavy (non-hydrogen) atoms. The summed E-state index contributed by atoms with van der Waals surface area (Å²) < 4.78 is 35.1. The minimum Gasteiger partial charge on any atom is -0.462 e. The van der Waals surface area contributed by atoms with E-state index in [1.54, 1.807) is 36.4 Å². The Morgan fingerprint density at radius 3 is 1.39 bits per heavy atom. The molecule has 2 aromatic carbocycles. The molecule has 0 unspecified atom stereocenters. The van der Waals surface area contributed by atoms with Gasteiger partial charge in [-0.1, -0.05) is 117 Å². The lowest BCUT2D eigenvalue weighted by molar-refractivity contribution is -0.160. The van der Waals surface area contributed by atoms with Crippen molar-refractivity contribution in [2.75, 3.05) is 6.61 Å². The summed E-state index contributed by atoms with van der Waals surface area (Å²) in [6.07, 6.45) is 18.4. The second-order valence-electron chi connectivity index (χ2n) is 18.4. The van der Waals surface area contributed by atoms with E-state index in [2.05, 4.69) is 23.8 Å². The molecule has 4 aliphatic rings. The van der Waals surface area contributed by atoms with Gasteiger partial charge in [0.1, 0.15) is 46.6 Å². The summed E-state index contributed by atoms with van der Waals surface area (Å²) in [7, 11) is 0. The maximum Gasteiger partial charge on any atom is 0.311 e. The first-order valence-corrected chi connectivity index (χ1v) is 25.5. The molecule has 2 aliphatic carbocycles. The van der Waals surface area contributed by atoms with Crippen LogP contribution in [0.3, 0.4) is 0 Å². The number of benzene rings is 4. The molecule has 0 N–H and O–H groups in total. The number of carbonyl (C=O) groups excluding carboxylic acids is 4. The van der Waals surface area contributed by atoms with Gasteiger partial charge in [-0.25, -0.2) is 9.97 Å². The van der Waals surface area contributed by atoms with Gasteiger partial charge in [-0.05, 0) is 73.7 Å². The lowest BCUT2D eigenvalue weighted by atomic mass is 9.94. The molecular formula is C56H68N2O12. The van der Waals surface area contributed by atoms with E-state index in [9.17, 15) is 28.8 Å². The number of aromatic nitrogens is 2. The van der Waals surface area contributed by atoms with Gasteiger partial charge in [0.05, 0.1) is 0 Å². The summed E-state index contributed by atoms with van der Waals surface area (Å²) >= 11 is 0. The molecule has 2 aromatic rings. The van der Waals surface area contributed by atoms with Gasteiger partial charge in [0.25, 0.3) is 0 Å². The minimum atomic E-state index is -0.974. The zero-order valence-corrected chi connectivity index (χ0v) is 40.8. The number of hydrogen-bond acceptors (Lipinski definition) is 14. The van der Waals surface area contributed by atoms with Crippen LogP contribution in [0.25, 0.3) is 45.1 Å². The second-order valence-corrected chi connectivity index (χ2v) is 18.4. The van der Waals surface area contributed by atoms with Crippen molar-refractivity contribution in [2.45, 2.75) is 168 Å². The van der Waals surface area contributed by atoms with E-state index in [4.69, 9.17) is 27.8 Å². The number of fused-ring (bicyclic) bond motifs is 4. The Bertz CT molecular complexity index is 2530. The predicted molar refractivity (Wildman–Crippen MR) is 267 cm³/mol. The van der Waals surface area contributed by atoms with Crippen LogP contribution in [0, 0.1) is 5.92 Å². The zero-order chi connectivity index (χ0) is 49.5. The van der Waals surface area contributed by atoms with Gasteiger partial charge in [-0.3, -0.25) is 28.8 Å². The van der Waals surface area contributed by atoms with Gasteiger partial charge >= 0.3 is 23.9 Å². The number of esters is 4. The van der Waals surface area contributed by atoms with Gasteiger partial charge in [0.2, 0.25) is 0 Å². The molecule has 0 bridgehead atoms.